The third-order valence-corrected chi connectivity index (χ3v) is 8.43. The van der Waals surface area contributed by atoms with Crippen molar-refractivity contribution in [3.05, 3.63) is 203 Å². The number of nitrogens with zero attached hydrogens (tertiary/aromatic N) is 6. The first-order valence-electron chi connectivity index (χ1n) is 17.7. The van der Waals surface area contributed by atoms with E-state index in [-0.39, 0.29) is 41.2 Å². The Labute approximate surface area is 325 Å². The molecule has 6 rings (SSSR count). The van der Waals surface area contributed by atoms with E-state index in [9.17, 15) is 0 Å². The largest absolute Gasteiger partial charge is 2.00 e. The second-order valence-corrected chi connectivity index (χ2v) is 12.4. The van der Waals surface area contributed by atoms with Gasteiger partial charge < -0.3 is 0 Å². The number of hydrogen-bond donors (Lipinski definition) is 0. The number of pyridine rings is 2. The minimum atomic E-state index is 0. The van der Waals surface area contributed by atoms with Crippen molar-refractivity contribution in [1.82, 2.24) is 9.97 Å². The fourth-order valence-corrected chi connectivity index (χ4v) is 5.25. The number of hydrogen-bond acceptors (Lipinski definition) is 6. The predicted molar refractivity (Wildman–Crippen MR) is 218 cm³/mol. The van der Waals surface area contributed by atoms with Crippen molar-refractivity contribution in [3.63, 3.8) is 0 Å². The summed E-state index contributed by atoms with van der Waals surface area (Å²) in [5.74, 6) is 0. The van der Waals surface area contributed by atoms with E-state index in [1.807, 2.05) is 134 Å². The number of rotatable bonds is 12. The maximum absolute atomic E-state index is 4.62. The van der Waals surface area contributed by atoms with Crippen molar-refractivity contribution in [2.24, 2.45) is 20.0 Å². The van der Waals surface area contributed by atoms with Crippen molar-refractivity contribution >= 4 is 24.9 Å². The average Bonchev–Trinajstić information content (AvgIpc) is 3.22. The molecule has 4 unspecified atom stereocenters. The Bertz CT molecular complexity index is 1760. The van der Waals surface area contributed by atoms with Crippen LogP contribution in [-0.2, 0) is 17.1 Å². The van der Waals surface area contributed by atoms with Crippen molar-refractivity contribution in [3.8, 4) is 0 Å². The molecule has 7 heteroatoms. The van der Waals surface area contributed by atoms with Gasteiger partial charge in [0.25, 0.3) is 0 Å². The van der Waals surface area contributed by atoms with Crippen molar-refractivity contribution in [1.29, 1.82) is 0 Å². The van der Waals surface area contributed by atoms with Crippen LogP contribution in [-0.4, -0.2) is 34.8 Å². The zero-order valence-electron chi connectivity index (χ0n) is 30.7. The third kappa shape index (κ3) is 13.5. The van der Waals surface area contributed by atoms with Gasteiger partial charge in [-0.3, -0.25) is 20.0 Å². The molecule has 6 aromatic rings. The molecule has 6 nitrogen and oxygen atoms in total. The zero-order chi connectivity index (χ0) is 36.4. The molecular formula is C46H46FeN6+2. The first-order chi connectivity index (χ1) is 25.4. The van der Waals surface area contributed by atoms with E-state index in [0.717, 1.165) is 22.8 Å². The first kappa shape index (κ1) is 40.2. The maximum atomic E-state index is 4.62. The van der Waals surface area contributed by atoms with Crippen LogP contribution >= 0.6 is 0 Å². The summed E-state index contributed by atoms with van der Waals surface area (Å²) in [4.78, 5) is 27.7. The Kier molecular flexibility index (Phi) is 16.4. The molecule has 53 heavy (non-hydrogen) atoms. The summed E-state index contributed by atoms with van der Waals surface area (Å²) >= 11 is 0. The van der Waals surface area contributed by atoms with Gasteiger partial charge in [-0.05, 0) is 74.2 Å². The molecule has 4 aromatic carbocycles. The molecule has 0 bridgehead atoms. The van der Waals surface area contributed by atoms with Gasteiger partial charge in [-0.25, -0.2) is 9.97 Å². The molecule has 0 amide bonds. The quantitative estimate of drug-likeness (QED) is 0.0926. The molecule has 0 saturated carbocycles. The molecular weight excluding hydrogens is 692 g/mol. The Balaban J connectivity index is 0.000000232. The Hall–Kier alpha value is -5.62. The van der Waals surface area contributed by atoms with Crippen molar-refractivity contribution < 1.29 is 17.1 Å². The zero-order valence-corrected chi connectivity index (χ0v) is 31.8. The van der Waals surface area contributed by atoms with Gasteiger partial charge in [-0.2, -0.15) is 0 Å². The Morgan fingerprint density at radius 3 is 0.736 bits per heavy atom. The molecule has 2 aromatic heterocycles. The van der Waals surface area contributed by atoms with Gasteiger partial charge in [0.2, 0.25) is 0 Å². The molecule has 0 fully saturated rings. The summed E-state index contributed by atoms with van der Waals surface area (Å²) in [6.07, 6.45) is 7.32. The molecule has 2 heterocycles. The van der Waals surface area contributed by atoms with Crippen LogP contribution in [0.5, 0.6) is 0 Å². The number of benzene rings is 4. The fraction of sp³-hybridized carbons (Fsp3) is 0.174. The van der Waals surface area contributed by atoms with E-state index in [0.29, 0.717) is 0 Å². The monoisotopic (exact) mass is 738 g/mol. The molecule has 0 N–H and O–H groups in total. The van der Waals surface area contributed by atoms with Gasteiger partial charge in [-0.15, -0.1) is 0 Å². The van der Waals surface area contributed by atoms with E-state index in [1.165, 1.54) is 22.3 Å². The van der Waals surface area contributed by atoms with E-state index in [1.54, 1.807) is 0 Å². The van der Waals surface area contributed by atoms with Gasteiger partial charge in [0, 0.05) is 24.9 Å². The van der Waals surface area contributed by atoms with Crippen molar-refractivity contribution in [2.75, 3.05) is 0 Å². The van der Waals surface area contributed by atoms with Crippen molar-refractivity contribution in [2.45, 2.75) is 51.9 Å². The second kappa shape index (κ2) is 21.7. The van der Waals surface area contributed by atoms with Gasteiger partial charge in [0.1, 0.15) is 0 Å². The predicted octanol–water partition coefficient (Wildman–Crippen LogP) is 10.9. The van der Waals surface area contributed by atoms with Crippen LogP contribution in [0.3, 0.4) is 0 Å². The first-order valence-corrected chi connectivity index (χ1v) is 17.7. The Morgan fingerprint density at radius 1 is 0.321 bits per heavy atom. The van der Waals surface area contributed by atoms with Crippen LogP contribution in [0.15, 0.2) is 178 Å². The number of aliphatic imine (C=N–C) groups is 4. The van der Waals surface area contributed by atoms with Crippen LogP contribution in [0, 0.1) is 0 Å². The van der Waals surface area contributed by atoms with Crippen LogP contribution < -0.4 is 0 Å². The molecule has 0 aliphatic heterocycles. The molecule has 0 radical (unpaired) electrons. The summed E-state index contributed by atoms with van der Waals surface area (Å²) in [5, 5.41) is 0. The van der Waals surface area contributed by atoms with Gasteiger partial charge in [0.05, 0.1) is 46.9 Å². The molecule has 0 saturated heterocycles. The van der Waals surface area contributed by atoms with Crippen LogP contribution in [0.4, 0.5) is 0 Å². The standard InChI is InChI=1S/2C23H23N3.Fe/c2*1-18(20-10-5-3-6-11-20)24-16-22-14-9-15-23(26-22)17-25-19(2)21-12-7-4-8-13-21;/h2*3-19H,1-2H3;/q;;+2. The molecule has 0 aliphatic rings. The summed E-state index contributed by atoms with van der Waals surface area (Å²) in [7, 11) is 0. The number of aromatic nitrogens is 2. The van der Waals surface area contributed by atoms with Gasteiger partial charge in [0.15, 0.2) is 0 Å². The second-order valence-electron chi connectivity index (χ2n) is 12.4. The van der Waals surface area contributed by atoms with Crippen LogP contribution in [0.25, 0.3) is 0 Å². The van der Waals surface area contributed by atoms with E-state index in [2.05, 4.69) is 106 Å². The van der Waals surface area contributed by atoms with E-state index < -0.39 is 0 Å². The maximum Gasteiger partial charge on any atom is 2.00 e. The van der Waals surface area contributed by atoms with Gasteiger partial charge >= 0.3 is 17.1 Å². The van der Waals surface area contributed by atoms with E-state index >= 15 is 0 Å². The molecule has 266 valence electrons. The minimum absolute atomic E-state index is 0. The topological polar surface area (TPSA) is 75.2 Å². The van der Waals surface area contributed by atoms with Gasteiger partial charge in [-0.1, -0.05) is 133 Å². The molecule has 0 aliphatic carbocycles. The van der Waals surface area contributed by atoms with E-state index in [4.69, 9.17) is 0 Å². The summed E-state index contributed by atoms with van der Waals surface area (Å²) in [5.41, 5.74) is 8.12. The average molecular weight is 739 g/mol. The smallest absolute Gasteiger partial charge is 0.283 e. The normalized spacial score (nSPS) is 13.7. The SMILES string of the molecule is CC(N=Cc1cccc(C=NC(C)c2ccccc2)n1)c1ccccc1.CC(N=Cc1cccc(C=NC(C)c2ccccc2)n1)c1ccccc1.[Fe+2]. The molecule has 0 spiro atoms. The molecule has 4 atom stereocenters. The Morgan fingerprint density at radius 2 is 0.528 bits per heavy atom. The summed E-state index contributed by atoms with van der Waals surface area (Å²) < 4.78 is 0. The minimum Gasteiger partial charge on any atom is -0.283 e. The summed E-state index contributed by atoms with van der Waals surface area (Å²) in [6, 6.07) is 53.2. The van der Waals surface area contributed by atoms with Crippen LogP contribution in [0.2, 0.25) is 0 Å². The van der Waals surface area contributed by atoms with Crippen LogP contribution in [0.1, 0.15) is 96.9 Å². The third-order valence-electron chi connectivity index (χ3n) is 8.43. The summed E-state index contributed by atoms with van der Waals surface area (Å²) in [6.45, 7) is 8.33. The fourth-order valence-electron chi connectivity index (χ4n) is 5.25.